The fraction of sp³-hybridized carbons (Fsp3) is 0.231. The first kappa shape index (κ1) is 13.7. The molecule has 1 aromatic carbocycles. The molecule has 0 radical (unpaired) electrons. The highest BCUT2D eigenvalue weighted by molar-refractivity contribution is 6.22. The van der Waals surface area contributed by atoms with E-state index in [1.807, 2.05) is 0 Å². The molecule has 7 heteroatoms. The second kappa shape index (κ2) is 5.12. The molecule has 0 saturated heterocycles. The van der Waals surface area contributed by atoms with Crippen LogP contribution in [0, 0.1) is 0 Å². The van der Waals surface area contributed by atoms with Crippen LogP contribution in [0.3, 0.4) is 0 Å². The second-order valence-electron chi connectivity index (χ2n) is 4.38. The van der Waals surface area contributed by atoms with Crippen LogP contribution < -0.4 is 5.73 Å². The molecule has 1 aliphatic heterocycles. The molecular weight excluding hydrogens is 264 g/mol. The van der Waals surface area contributed by atoms with E-state index >= 15 is 0 Å². The molecule has 0 fully saturated rings. The minimum Gasteiger partial charge on any atom is -0.480 e. The molecule has 1 aliphatic rings. The van der Waals surface area contributed by atoms with Crippen LogP contribution in [0.25, 0.3) is 0 Å². The summed E-state index contributed by atoms with van der Waals surface area (Å²) in [6, 6.07) is 4.71. The zero-order valence-corrected chi connectivity index (χ0v) is 10.4. The Morgan fingerprint density at radius 2 is 1.65 bits per heavy atom. The third-order valence-electron chi connectivity index (χ3n) is 3.09. The topological polar surface area (TPSA) is 118 Å². The molecule has 7 nitrogen and oxygen atoms in total. The van der Waals surface area contributed by atoms with Gasteiger partial charge in [0.25, 0.3) is 11.8 Å². The van der Waals surface area contributed by atoms with E-state index < -0.39 is 29.7 Å². The highest BCUT2D eigenvalue weighted by Gasteiger charge is 2.42. The maximum atomic E-state index is 12.1. The Bertz CT molecular complexity index is 576. The number of primary amides is 1. The fourth-order valence-electron chi connectivity index (χ4n) is 2.13. The number of carboxylic acids is 1. The summed E-state index contributed by atoms with van der Waals surface area (Å²) < 4.78 is 0. The van der Waals surface area contributed by atoms with Crippen LogP contribution in [0.1, 0.15) is 33.6 Å². The summed E-state index contributed by atoms with van der Waals surface area (Å²) in [6.45, 7) is 0. The van der Waals surface area contributed by atoms with Crippen molar-refractivity contribution in [2.24, 2.45) is 5.73 Å². The van der Waals surface area contributed by atoms with Crippen molar-refractivity contribution in [3.63, 3.8) is 0 Å². The van der Waals surface area contributed by atoms with Gasteiger partial charge >= 0.3 is 5.97 Å². The molecule has 1 atom stereocenters. The maximum absolute atomic E-state index is 12.1. The van der Waals surface area contributed by atoms with Gasteiger partial charge in [0.1, 0.15) is 6.04 Å². The molecule has 104 valence electrons. The number of hydrogen-bond acceptors (Lipinski definition) is 4. The molecule has 0 aliphatic carbocycles. The third kappa shape index (κ3) is 2.25. The van der Waals surface area contributed by atoms with Crippen molar-refractivity contribution in [2.75, 3.05) is 0 Å². The molecule has 1 unspecified atom stereocenters. The monoisotopic (exact) mass is 276 g/mol. The van der Waals surface area contributed by atoms with Crippen LogP contribution in [0.5, 0.6) is 0 Å². The van der Waals surface area contributed by atoms with Gasteiger partial charge in [-0.25, -0.2) is 4.79 Å². The van der Waals surface area contributed by atoms with Gasteiger partial charge in [0.15, 0.2) is 0 Å². The lowest BCUT2D eigenvalue weighted by atomic mass is 10.1. The lowest BCUT2D eigenvalue weighted by molar-refractivity contribution is -0.141. The van der Waals surface area contributed by atoms with E-state index in [0.717, 1.165) is 0 Å². The summed E-state index contributed by atoms with van der Waals surface area (Å²) in [5.74, 6) is -3.36. The zero-order valence-electron chi connectivity index (χ0n) is 10.4. The number of imide groups is 1. The number of rotatable bonds is 5. The molecule has 0 bridgehead atoms. The SMILES string of the molecule is NC(=O)CCC(C(=O)O)N1C(=O)c2ccccc2C1=O. The van der Waals surface area contributed by atoms with E-state index in [4.69, 9.17) is 10.8 Å². The Hall–Kier alpha value is -2.70. The zero-order chi connectivity index (χ0) is 14.9. The quantitative estimate of drug-likeness (QED) is 0.734. The Kier molecular flexibility index (Phi) is 3.51. The predicted molar refractivity (Wildman–Crippen MR) is 66.8 cm³/mol. The average molecular weight is 276 g/mol. The Balaban J connectivity index is 2.32. The van der Waals surface area contributed by atoms with Crippen molar-refractivity contribution < 1.29 is 24.3 Å². The summed E-state index contributed by atoms with van der Waals surface area (Å²) >= 11 is 0. The van der Waals surface area contributed by atoms with E-state index in [1.54, 1.807) is 12.1 Å². The van der Waals surface area contributed by atoms with Gasteiger partial charge in [0.2, 0.25) is 5.91 Å². The fourth-order valence-corrected chi connectivity index (χ4v) is 2.13. The summed E-state index contributed by atoms with van der Waals surface area (Å²) in [4.78, 5) is 46.9. The normalized spacial score (nSPS) is 15.1. The molecule has 0 aromatic heterocycles. The number of benzene rings is 1. The van der Waals surface area contributed by atoms with Crippen LogP contribution in [0.15, 0.2) is 24.3 Å². The largest absolute Gasteiger partial charge is 0.480 e. The lowest BCUT2D eigenvalue weighted by Gasteiger charge is -2.21. The first-order chi connectivity index (χ1) is 9.43. The summed E-state index contributed by atoms with van der Waals surface area (Å²) in [6.07, 6.45) is -0.416. The maximum Gasteiger partial charge on any atom is 0.326 e. The molecule has 3 amide bonds. The van der Waals surface area contributed by atoms with Gasteiger partial charge in [0.05, 0.1) is 11.1 Å². The van der Waals surface area contributed by atoms with E-state index in [1.165, 1.54) is 12.1 Å². The number of nitrogens with zero attached hydrogens (tertiary/aromatic N) is 1. The first-order valence-corrected chi connectivity index (χ1v) is 5.91. The number of hydrogen-bond donors (Lipinski definition) is 2. The average Bonchev–Trinajstić information content (AvgIpc) is 2.64. The summed E-state index contributed by atoms with van der Waals surface area (Å²) in [5, 5.41) is 9.16. The van der Waals surface area contributed by atoms with Crippen LogP contribution in [-0.2, 0) is 9.59 Å². The van der Waals surface area contributed by atoms with Crippen LogP contribution >= 0.6 is 0 Å². The summed E-state index contributed by atoms with van der Waals surface area (Å²) in [5.41, 5.74) is 5.31. The molecule has 1 aromatic rings. The molecule has 0 saturated carbocycles. The first-order valence-electron chi connectivity index (χ1n) is 5.91. The smallest absolute Gasteiger partial charge is 0.326 e. The van der Waals surface area contributed by atoms with Gasteiger partial charge in [-0.2, -0.15) is 0 Å². The van der Waals surface area contributed by atoms with Gasteiger partial charge in [-0.15, -0.1) is 0 Å². The molecular formula is C13H12N2O5. The number of fused-ring (bicyclic) bond motifs is 1. The van der Waals surface area contributed by atoms with Gasteiger partial charge in [-0.05, 0) is 18.6 Å². The molecule has 3 N–H and O–H groups in total. The molecule has 0 spiro atoms. The van der Waals surface area contributed by atoms with Gasteiger partial charge in [-0.1, -0.05) is 12.1 Å². The third-order valence-corrected chi connectivity index (χ3v) is 3.09. The van der Waals surface area contributed by atoms with E-state index in [-0.39, 0.29) is 24.0 Å². The van der Waals surface area contributed by atoms with E-state index in [0.29, 0.717) is 4.90 Å². The molecule has 2 rings (SSSR count). The number of carbonyl (C=O) groups is 4. The highest BCUT2D eigenvalue weighted by Crippen LogP contribution is 2.26. The Morgan fingerprint density at radius 3 is 2.05 bits per heavy atom. The molecule has 1 heterocycles. The van der Waals surface area contributed by atoms with Crippen molar-refractivity contribution in [3.8, 4) is 0 Å². The predicted octanol–water partition coefficient (Wildman–Crippen LogP) is 0.00130. The van der Waals surface area contributed by atoms with Crippen LogP contribution in [0.4, 0.5) is 0 Å². The number of nitrogens with two attached hydrogens (primary N) is 1. The number of carboxylic acid groups (broad SMARTS) is 1. The van der Waals surface area contributed by atoms with Crippen molar-refractivity contribution >= 4 is 23.7 Å². The lowest BCUT2D eigenvalue weighted by Crippen LogP contribution is -2.45. The number of carbonyl (C=O) groups excluding carboxylic acids is 3. The van der Waals surface area contributed by atoms with Gasteiger partial charge < -0.3 is 10.8 Å². The Labute approximate surface area is 114 Å². The standard InChI is InChI=1S/C13H12N2O5/c14-10(16)6-5-9(13(19)20)15-11(17)7-3-1-2-4-8(7)12(15)18/h1-4,9H,5-6H2,(H2,14,16)(H,19,20). The van der Waals surface area contributed by atoms with E-state index in [9.17, 15) is 19.2 Å². The number of aliphatic carboxylic acids is 1. The second-order valence-corrected chi connectivity index (χ2v) is 4.38. The highest BCUT2D eigenvalue weighted by atomic mass is 16.4. The van der Waals surface area contributed by atoms with Crippen LogP contribution in [-0.4, -0.2) is 39.7 Å². The number of amides is 3. The van der Waals surface area contributed by atoms with Crippen molar-refractivity contribution in [2.45, 2.75) is 18.9 Å². The minimum absolute atomic E-state index is 0.169. The van der Waals surface area contributed by atoms with Gasteiger partial charge in [-0.3, -0.25) is 19.3 Å². The van der Waals surface area contributed by atoms with Crippen molar-refractivity contribution in [1.29, 1.82) is 0 Å². The van der Waals surface area contributed by atoms with Crippen LogP contribution in [0.2, 0.25) is 0 Å². The minimum atomic E-state index is -1.39. The Morgan fingerprint density at radius 1 is 1.15 bits per heavy atom. The van der Waals surface area contributed by atoms with Crippen molar-refractivity contribution in [3.05, 3.63) is 35.4 Å². The van der Waals surface area contributed by atoms with Crippen molar-refractivity contribution in [1.82, 2.24) is 4.90 Å². The summed E-state index contributed by atoms with van der Waals surface area (Å²) in [7, 11) is 0. The van der Waals surface area contributed by atoms with Gasteiger partial charge in [0, 0.05) is 6.42 Å². The van der Waals surface area contributed by atoms with E-state index in [2.05, 4.69) is 0 Å². The molecule has 20 heavy (non-hydrogen) atoms.